The Kier molecular flexibility index (Phi) is 7.14. The minimum Gasteiger partial charge on any atom is -0.492 e. The van der Waals surface area contributed by atoms with Crippen molar-refractivity contribution in [3.05, 3.63) is 65.2 Å². The first-order valence-electron chi connectivity index (χ1n) is 9.94. The zero-order valence-corrected chi connectivity index (χ0v) is 18.2. The Balaban J connectivity index is 1.53. The molecule has 1 aliphatic rings. The molecule has 1 fully saturated rings. The van der Waals surface area contributed by atoms with Crippen LogP contribution < -0.4 is 15.5 Å². The van der Waals surface area contributed by atoms with Crippen molar-refractivity contribution in [1.82, 2.24) is 20.7 Å². The van der Waals surface area contributed by atoms with Gasteiger partial charge in [-0.3, -0.25) is 19.9 Å². The van der Waals surface area contributed by atoms with Crippen LogP contribution >= 0.6 is 11.6 Å². The highest BCUT2D eigenvalue weighted by Crippen LogP contribution is 2.31. The van der Waals surface area contributed by atoms with E-state index < -0.39 is 23.4 Å². The zero-order chi connectivity index (χ0) is 22.4. The van der Waals surface area contributed by atoms with Crippen molar-refractivity contribution in [2.24, 2.45) is 0 Å². The molecule has 2 N–H and O–H groups in total. The summed E-state index contributed by atoms with van der Waals surface area (Å²) in [5.74, 6) is -0.302. The Hall–Kier alpha value is -3.10. The largest absolute Gasteiger partial charge is 0.492 e. The van der Waals surface area contributed by atoms with Gasteiger partial charge in [0, 0.05) is 11.6 Å². The van der Waals surface area contributed by atoms with E-state index in [0.29, 0.717) is 35.9 Å². The molecule has 0 radical (unpaired) electrons. The van der Waals surface area contributed by atoms with Crippen LogP contribution in [0.1, 0.15) is 18.9 Å². The summed E-state index contributed by atoms with van der Waals surface area (Å²) in [4.78, 5) is 39.6. The number of imide groups is 1. The van der Waals surface area contributed by atoms with Crippen LogP contribution in [0.15, 0.2) is 54.6 Å². The van der Waals surface area contributed by atoms with E-state index in [0.717, 1.165) is 5.01 Å². The number of amides is 4. The lowest BCUT2D eigenvalue weighted by molar-refractivity contribution is -0.139. The molecule has 4 amide bonds. The predicted molar refractivity (Wildman–Crippen MR) is 116 cm³/mol. The fourth-order valence-electron chi connectivity index (χ4n) is 3.37. The summed E-state index contributed by atoms with van der Waals surface area (Å²) in [6, 6.07) is 15.3. The number of rotatable bonds is 9. The van der Waals surface area contributed by atoms with E-state index in [-0.39, 0.29) is 6.54 Å². The number of halogens is 1. The molecule has 1 saturated heterocycles. The summed E-state index contributed by atoms with van der Waals surface area (Å²) in [7, 11) is 1.75. The summed E-state index contributed by atoms with van der Waals surface area (Å²) in [5, 5.41) is 4.11. The monoisotopic (exact) mass is 444 g/mol. The maximum absolute atomic E-state index is 13.0. The topological polar surface area (TPSA) is 91.0 Å². The zero-order valence-electron chi connectivity index (χ0n) is 17.4. The lowest BCUT2D eigenvalue weighted by Crippen LogP contribution is -2.51. The second kappa shape index (κ2) is 9.80. The molecule has 2 aromatic rings. The number of carbonyl (C=O) groups excluding carboxylic acids is 3. The highest BCUT2D eigenvalue weighted by atomic mass is 35.5. The minimum atomic E-state index is -1.19. The first-order valence-corrected chi connectivity index (χ1v) is 10.3. The van der Waals surface area contributed by atoms with Gasteiger partial charge in [-0.05, 0) is 43.3 Å². The molecule has 8 nitrogen and oxygen atoms in total. The molecule has 3 rings (SSSR count). The van der Waals surface area contributed by atoms with E-state index in [1.165, 1.54) is 0 Å². The highest BCUT2D eigenvalue weighted by Gasteiger charge is 2.52. The highest BCUT2D eigenvalue weighted by molar-refractivity contribution is 6.30. The molecule has 1 atom stereocenters. The van der Waals surface area contributed by atoms with Crippen LogP contribution in [0.4, 0.5) is 4.79 Å². The molecule has 1 aliphatic heterocycles. The van der Waals surface area contributed by atoms with Crippen LogP contribution in [0, 0.1) is 0 Å². The average molecular weight is 445 g/mol. The van der Waals surface area contributed by atoms with E-state index in [9.17, 15) is 14.4 Å². The van der Waals surface area contributed by atoms with Gasteiger partial charge in [-0.1, -0.05) is 48.9 Å². The Morgan fingerprint density at radius 1 is 1.16 bits per heavy atom. The van der Waals surface area contributed by atoms with E-state index in [4.69, 9.17) is 16.3 Å². The third kappa shape index (κ3) is 5.15. The summed E-state index contributed by atoms with van der Waals surface area (Å²) < 4.78 is 5.61. The van der Waals surface area contributed by atoms with Crippen LogP contribution in [0.3, 0.4) is 0 Å². The number of hydrazine groups is 1. The van der Waals surface area contributed by atoms with Gasteiger partial charge in [-0.25, -0.2) is 4.79 Å². The third-order valence-corrected chi connectivity index (χ3v) is 5.35. The standard InChI is InChI=1S/C22H25ClN4O4/c1-3-22(16-7-5-4-6-8-16)20(29)27(21(30)24-22)25-19(28)15-26(2)13-14-31-18-11-9-17(23)10-12-18/h4-12H,3,13-15H2,1-2H3,(H,24,30)(H,25,28). The van der Waals surface area contributed by atoms with E-state index in [2.05, 4.69) is 10.7 Å². The number of carbonyl (C=O) groups is 3. The van der Waals surface area contributed by atoms with E-state index >= 15 is 0 Å². The number of ether oxygens (including phenoxy) is 1. The number of hydrogen-bond acceptors (Lipinski definition) is 5. The van der Waals surface area contributed by atoms with Gasteiger partial charge in [-0.15, -0.1) is 0 Å². The molecule has 1 heterocycles. The molecule has 0 saturated carbocycles. The van der Waals surface area contributed by atoms with Crippen LogP contribution in [-0.2, 0) is 15.1 Å². The second-order valence-corrected chi connectivity index (χ2v) is 7.71. The van der Waals surface area contributed by atoms with Gasteiger partial charge in [0.05, 0.1) is 6.54 Å². The maximum atomic E-state index is 13.0. The number of nitrogens with zero attached hydrogens (tertiary/aromatic N) is 2. The Bertz CT molecular complexity index is 938. The maximum Gasteiger partial charge on any atom is 0.344 e. The Labute approximate surface area is 186 Å². The summed E-state index contributed by atoms with van der Waals surface area (Å²) in [6.45, 7) is 2.64. The molecule has 164 valence electrons. The second-order valence-electron chi connectivity index (χ2n) is 7.27. The van der Waals surface area contributed by atoms with Crippen LogP contribution in [0.25, 0.3) is 0 Å². The van der Waals surface area contributed by atoms with Gasteiger partial charge in [0.15, 0.2) is 0 Å². The molecule has 2 aromatic carbocycles. The fraction of sp³-hybridized carbons (Fsp3) is 0.318. The molecular formula is C22H25ClN4O4. The summed E-state index contributed by atoms with van der Waals surface area (Å²) in [5.41, 5.74) is 1.90. The van der Waals surface area contributed by atoms with Crippen molar-refractivity contribution in [1.29, 1.82) is 0 Å². The van der Waals surface area contributed by atoms with Gasteiger partial charge in [-0.2, -0.15) is 5.01 Å². The summed E-state index contributed by atoms with van der Waals surface area (Å²) >= 11 is 5.84. The lowest BCUT2D eigenvalue weighted by atomic mass is 9.87. The van der Waals surface area contributed by atoms with Gasteiger partial charge < -0.3 is 10.1 Å². The van der Waals surface area contributed by atoms with E-state index in [1.807, 2.05) is 13.0 Å². The smallest absolute Gasteiger partial charge is 0.344 e. The molecule has 0 aliphatic carbocycles. The van der Waals surface area contributed by atoms with Crippen LogP contribution in [0.2, 0.25) is 5.02 Å². The molecule has 1 unspecified atom stereocenters. The minimum absolute atomic E-state index is 0.00843. The molecule has 0 bridgehead atoms. The number of urea groups is 1. The van der Waals surface area contributed by atoms with Gasteiger partial charge >= 0.3 is 6.03 Å². The molecular weight excluding hydrogens is 420 g/mol. The molecule has 9 heteroatoms. The SMILES string of the molecule is CCC1(c2ccccc2)NC(=O)N(NC(=O)CN(C)CCOc2ccc(Cl)cc2)C1=O. The van der Waals surface area contributed by atoms with Gasteiger partial charge in [0.25, 0.3) is 11.8 Å². The van der Waals surface area contributed by atoms with Crippen molar-refractivity contribution in [3.8, 4) is 5.75 Å². The van der Waals surface area contributed by atoms with Crippen LogP contribution in [-0.4, -0.2) is 54.5 Å². The quantitative estimate of drug-likeness (QED) is 0.580. The first-order chi connectivity index (χ1) is 14.9. The first kappa shape index (κ1) is 22.6. The van der Waals surface area contributed by atoms with Gasteiger partial charge in [0.1, 0.15) is 17.9 Å². The van der Waals surface area contributed by atoms with Crippen molar-refractivity contribution in [2.75, 3.05) is 26.7 Å². The number of benzene rings is 2. The average Bonchev–Trinajstić information content (AvgIpc) is 3.01. The van der Waals surface area contributed by atoms with Crippen LogP contribution in [0.5, 0.6) is 5.75 Å². The van der Waals surface area contributed by atoms with Crippen molar-refractivity contribution in [3.63, 3.8) is 0 Å². The van der Waals surface area contributed by atoms with E-state index in [1.54, 1.807) is 60.5 Å². The van der Waals surface area contributed by atoms with Crippen molar-refractivity contribution < 1.29 is 19.1 Å². The lowest BCUT2D eigenvalue weighted by Gasteiger charge is -2.25. The summed E-state index contributed by atoms with van der Waals surface area (Å²) in [6.07, 6.45) is 0.357. The number of nitrogens with one attached hydrogen (secondary N) is 2. The number of hydrogen-bond donors (Lipinski definition) is 2. The van der Waals surface area contributed by atoms with Crippen molar-refractivity contribution >= 4 is 29.4 Å². The molecule has 31 heavy (non-hydrogen) atoms. The molecule has 0 aromatic heterocycles. The Morgan fingerprint density at radius 2 is 1.84 bits per heavy atom. The normalized spacial score (nSPS) is 18.3. The Morgan fingerprint density at radius 3 is 2.48 bits per heavy atom. The third-order valence-electron chi connectivity index (χ3n) is 5.09. The predicted octanol–water partition coefficient (Wildman–Crippen LogP) is 2.54. The number of likely N-dealkylation sites (N-methyl/N-ethyl adjacent to an activating group) is 1. The van der Waals surface area contributed by atoms with Gasteiger partial charge in [0.2, 0.25) is 0 Å². The fourth-order valence-corrected chi connectivity index (χ4v) is 3.50. The van der Waals surface area contributed by atoms with Crippen molar-refractivity contribution in [2.45, 2.75) is 18.9 Å². The molecule has 0 spiro atoms.